The molecule has 0 radical (unpaired) electrons. The molecule has 3 amide bonds. The predicted molar refractivity (Wildman–Crippen MR) is 88.6 cm³/mol. The van der Waals surface area contributed by atoms with Crippen molar-refractivity contribution in [3.05, 3.63) is 24.3 Å². The third kappa shape index (κ3) is 4.85. The van der Waals surface area contributed by atoms with E-state index in [0.29, 0.717) is 13.1 Å². The monoisotopic (exact) mass is 320 g/mol. The highest BCUT2D eigenvalue weighted by atomic mass is 16.5. The Labute approximate surface area is 136 Å². The van der Waals surface area contributed by atoms with Crippen LogP contribution < -0.4 is 20.7 Å². The zero-order valence-corrected chi connectivity index (χ0v) is 13.6. The van der Waals surface area contributed by atoms with E-state index in [1.54, 1.807) is 0 Å². The van der Waals surface area contributed by atoms with Crippen molar-refractivity contribution >= 4 is 17.6 Å². The molecule has 0 fully saturated rings. The Hall–Kier alpha value is -2.28. The van der Waals surface area contributed by atoms with E-state index < -0.39 is 6.03 Å². The van der Waals surface area contributed by atoms with Crippen molar-refractivity contribution in [3.63, 3.8) is 0 Å². The van der Waals surface area contributed by atoms with E-state index in [9.17, 15) is 9.59 Å². The first-order valence-electron chi connectivity index (χ1n) is 7.78. The SMILES string of the molecule is CCN1C[C@H](CN(C)CCC(=O)NC(N)=O)Oc2ccccc21. The average Bonchev–Trinajstić information content (AvgIpc) is 2.51. The number of para-hydroxylation sites is 2. The van der Waals surface area contributed by atoms with Crippen LogP contribution in [0.1, 0.15) is 13.3 Å². The number of rotatable bonds is 6. The minimum atomic E-state index is -0.816. The van der Waals surface area contributed by atoms with Crippen LogP contribution in [-0.2, 0) is 4.79 Å². The van der Waals surface area contributed by atoms with Crippen LogP contribution in [-0.4, -0.2) is 56.2 Å². The zero-order chi connectivity index (χ0) is 16.8. The van der Waals surface area contributed by atoms with E-state index in [2.05, 4.69) is 23.2 Å². The van der Waals surface area contributed by atoms with Crippen molar-refractivity contribution in [1.82, 2.24) is 10.2 Å². The Kier molecular flexibility index (Phi) is 5.81. The number of hydrogen-bond donors (Lipinski definition) is 2. The fourth-order valence-corrected chi connectivity index (χ4v) is 2.70. The van der Waals surface area contributed by atoms with Crippen molar-refractivity contribution in [2.45, 2.75) is 19.4 Å². The molecule has 0 aromatic heterocycles. The Morgan fingerprint density at radius 2 is 2.17 bits per heavy atom. The fourth-order valence-electron chi connectivity index (χ4n) is 2.70. The summed E-state index contributed by atoms with van der Waals surface area (Å²) >= 11 is 0. The lowest BCUT2D eigenvalue weighted by atomic mass is 10.2. The Morgan fingerprint density at radius 3 is 2.87 bits per heavy atom. The Morgan fingerprint density at radius 1 is 1.43 bits per heavy atom. The first-order valence-corrected chi connectivity index (χ1v) is 7.78. The van der Waals surface area contributed by atoms with E-state index >= 15 is 0 Å². The molecule has 1 heterocycles. The molecule has 1 atom stereocenters. The molecular weight excluding hydrogens is 296 g/mol. The average molecular weight is 320 g/mol. The van der Waals surface area contributed by atoms with Gasteiger partial charge >= 0.3 is 6.03 Å². The van der Waals surface area contributed by atoms with Crippen LogP contribution in [0.15, 0.2) is 24.3 Å². The molecule has 1 aliphatic heterocycles. The van der Waals surface area contributed by atoms with Crippen molar-refractivity contribution < 1.29 is 14.3 Å². The van der Waals surface area contributed by atoms with E-state index in [0.717, 1.165) is 24.5 Å². The van der Waals surface area contributed by atoms with Crippen LogP contribution in [0, 0.1) is 0 Å². The number of carbonyl (C=O) groups is 2. The highest BCUT2D eigenvalue weighted by Gasteiger charge is 2.25. The summed E-state index contributed by atoms with van der Waals surface area (Å²) < 4.78 is 6.05. The van der Waals surface area contributed by atoms with Crippen LogP contribution in [0.5, 0.6) is 5.75 Å². The quantitative estimate of drug-likeness (QED) is 0.809. The summed E-state index contributed by atoms with van der Waals surface area (Å²) in [6.45, 7) is 5.09. The van der Waals surface area contributed by atoms with Gasteiger partial charge in [0, 0.05) is 26.1 Å². The number of urea groups is 1. The molecule has 0 unspecified atom stereocenters. The lowest BCUT2D eigenvalue weighted by molar-refractivity contribution is -0.120. The van der Waals surface area contributed by atoms with Gasteiger partial charge in [-0.2, -0.15) is 0 Å². The van der Waals surface area contributed by atoms with Crippen LogP contribution in [0.3, 0.4) is 0 Å². The van der Waals surface area contributed by atoms with E-state index in [4.69, 9.17) is 10.5 Å². The van der Waals surface area contributed by atoms with Gasteiger partial charge in [0.15, 0.2) is 0 Å². The molecule has 126 valence electrons. The van der Waals surface area contributed by atoms with Gasteiger partial charge in [-0.05, 0) is 26.1 Å². The van der Waals surface area contributed by atoms with Crippen LogP contribution in [0.25, 0.3) is 0 Å². The van der Waals surface area contributed by atoms with Gasteiger partial charge in [-0.25, -0.2) is 4.79 Å². The summed E-state index contributed by atoms with van der Waals surface area (Å²) in [5, 5.41) is 2.06. The molecule has 1 aromatic carbocycles. The molecular formula is C16H24N4O3. The number of ether oxygens (including phenoxy) is 1. The first-order chi connectivity index (χ1) is 11.0. The molecule has 0 spiro atoms. The normalized spacial score (nSPS) is 16.7. The van der Waals surface area contributed by atoms with Crippen LogP contribution in [0.2, 0.25) is 0 Å². The smallest absolute Gasteiger partial charge is 0.318 e. The largest absolute Gasteiger partial charge is 0.485 e. The van der Waals surface area contributed by atoms with Gasteiger partial charge in [0.1, 0.15) is 11.9 Å². The summed E-state index contributed by atoms with van der Waals surface area (Å²) in [4.78, 5) is 26.4. The maximum Gasteiger partial charge on any atom is 0.318 e. The standard InChI is InChI=1S/C16H24N4O3/c1-3-20-11-12(23-14-7-5-4-6-13(14)20)10-19(2)9-8-15(21)18-16(17)22/h4-7,12H,3,8-11H2,1-2H3,(H3,17,18,21,22)/t12-/m0/s1. The molecule has 0 saturated heterocycles. The third-order valence-electron chi connectivity index (χ3n) is 3.80. The molecule has 7 heteroatoms. The summed E-state index contributed by atoms with van der Waals surface area (Å²) in [5.74, 6) is 0.528. The van der Waals surface area contributed by atoms with Gasteiger partial charge in [0.25, 0.3) is 0 Å². The summed E-state index contributed by atoms with van der Waals surface area (Å²) in [6.07, 6.45) is 0.259. The summed E-state index contributed by atoms with van der Waals surface area (Å²) in [6, 6.07) is 7.20. The van der Waals surface area contributed by atoms with Gasteiger partial charge in [-0.15, -0.1) is 0 Å². The van der Waals surface area contributed by atoms with E-state index in [1.165, 1.54) is 0 Å². The number of anilines is 1. The second-order valence-electron chi connectivity index (χ2n) is 5.67. The van der Waals surface area contributed by atoms with Crippen LogP contribution >= 0.6 is 0 Å². The highest BCUT2D eigenvalue weighted by Crippen LogP contribution is 2.32. The van der Waals surface area contributed by atoms with Gasteiger partial charge in [0.05, 0.1) is 12.2 Å². The van der Waals surface area contributed by atoms with Crippen LogP contribution in [0.4, 0.5) is 10.5 Å². The number of imide groups is 1. The maximum absolute atomic E-state index is 11.4. The summed E-state index contributed by atoms with van der Waals surface area (Å²) in [5.41, 5.74) is 6.04. The molecule has 23 heavy (non-hydrogen) atoms. The second-order valence-corrected chi connectivity index (χ2v) is 5.67. The number of nitrogens with two attached hydrogens (primary N) is 1. The molecule has 0 saturated carbocycles. The highest BCUT2D eigenvalue weighted by molar-refractivity contribution is 5.93. The zero-order valence-electron chi connectivity index (χ0n) is 13.6. The molecule has 1 aromatic rings. The Bertz CT molecular complexity index is 564. The molecule has 0 aliphatic carbocycles. The number of nitrogens with one attached hydrogen (secondary N) is 1. The lowest BCUT2D eigenvalue weighted by Gasteiger charge is -2.37. The molecule has 7 nitrogen and oxygen atoms in total. The molecule has 0 bridgehead atoms. The van der Waals surface area contributed by atoms with Gasteiger partial charge in [-0.1, -0.05) is 12.1 Å². The number of primary amides is 1. The number of fused-ring (bicyclic) bond motifs is 1. The number of carbonyl (C=O) groups excluding carboxylic acids is 2. The van der Waals surface area contributed by atoms with Crippen molar-refractivity contribution in [3.8, 4) is 5.75 Å². The van der Waals surface area contributed by atoms with E-state index in [1.807, 2.05) is 30.1 Å². The second kappa shape index (κ2) is 7.82. The van der Waals surface area contributed by atoms with Crippen molar-refractivity contribution in [2.24, 2.45) is 5.73 Å². The van der Waals surface area contributed by atoms with Gasteiger partial charge in [0.2, 0.25) is 5.91 Å². The summed E-state index contributed by atoms with van der Waals surface area (Å²) in [7, 11) is 1.93. The predicted octanol–water partition coefficient (Wildman–Crippen LogP) is 0.791. The van der Waals surface area contributed by atoms with Gasteiger partial charge < -0.3 is 20.3 Å². The number of nitrogens with zero attached hydrogens (tertiary/aromatic N) is 2. The molecule has 3 N–H and O–H groups in total. The minimum Gasteiger partial charge on any atom is -0.485 e. The maximum atomic E-state index is 11.4. The van der Waals surface area contributed by atoms with Gasteiger partial charge in [-0.3, -0.25) is 10.1 Å². The first kappa shape index (κ1) is 17.1. The third-order valence-corrected chi connectivity index (χ3v) is 3.80. The minimum absolute atomic E-state index is 0.0362. The topological polar surface area (TPSA) is 87.9 Å². The number of benzene rings is 1. The number of amides is 3. The number of likely N-dealkylation sites (N-methyl/N-ethyl adjacent to an activating group) is 2. The molecule has 1 aliphatic rings. The molecule has 2 rings (SSSR count). The Balaban J connectivity index is 1.86. The van der Waals surface area contributed by atoms with Crippen molar-refractivity contribution in [2.75, 3.05) is 38.1 Å². The van der Waals surface area contributed by atoms with Crippen molar-refractivity contribution in [1.29, 1.82) is 0 Å². The lowest BCUT2D eigenvalue weighted by Crippen LogP contribution is -2.46. The van der Waals surface area contributed by atoms with E-state index in [-0.39, 0.29) is 18.4 Å². The fraction of sp³-hybridized carbons (Fsp3) is 0.500. The number of hydrogen-bond acceptors (Lipinski definition) is 5.